The van der Waals surface area contributed by atoms with E-state index in [4.69, 9.17) is 4.74 Å². The van der Waals surface area contributed by atoms with Crippen LogP contribution in [0.4, 0.5) is 4.39 Å². The molecule has 5 nitrogen and oxygen atoms in total. The molecule has 1 aliphatic carbocycles. The molecule has 2 fully saturated rings. The number of hydrogen-bond donors (Lipinski definition) is 2. The van der Waals surface area contributed by atoms with E-state index in [1.807, 2.05) is 6.07 Å². The minimum absolute atomic E-state index is 0.134. The summed E-state index contributed by atoms with van der Waals surface area (Å²) >= 11 is 0. The molecule has 2 aliphatic rings. The smallest absolute Gasteiger partial charge is 0.251 e. The van der Waals surface area contributed by atoms with Crippen molar-refractivity contribution in [2.45, 2.75) is 31.9 Å². The van der Waals surface area contributed by atoms with Crippen LogP contribution in [-0.2, 0) is 0 Å². The van der Waals surface area contributed by atoms with Crippen molar-refractivity contribution >= 4 is 5.91 Å². The third-order valence-electron chi connectivity index (χ3n) is 6.09. The number of carbonyl (C=O) groups excluding carboxylic acids is 1. The Balaban J connectivity index is 1.52. The van der Waals surface area contributed by atoms with Crippen molar-refractivity contribution in [1.29, 1.82) is 0 Å². The summed E-state index contributed by atoms with van der Waals surface area (Å²) in [6, 6.07) is 13.0. The maximum Gasteiger partial charge on any atom is 0.251 e. The number of nitrogens with one attached hydrogen (secondary N) is 2. The Bertz CT molecular complexity index is 883. The lowest BCUT2D eigenvalue weighted by atomic mass is 10.0. The lowest BCUT2D eigenvalue weighted by Crippen LogP contribution is -2.52. The zero-order valence-corrected chi connectivity index (χ0v) is 17.7. The van der Waals surface area contributed by atoms with E-state index in [1.165, 1.54) is 12.8 Å². The molecule has 2 aromatic carbocycles. The molecule has 1 heterocycles. The molecule has 30 heavy (non-hydrogen) atoms. The molecular formula is C24H30FN3O2. The number of halogens is 1. The van der Waals surface area contributed by atoms with E-state index < -0.39 is 0 Å². The van der Waals surface area contributed by atoms with Crippen LogP contribution in [0.25, 0.3) is 0 Å². The molecule has 1 aliphatic heterocycles. The fourth-order valence-electron chi connectivity index (χ4n) is 4.07. The van der Waals surface area contributed by atoms with E-state index in [9.17, 15) is 9.18 Å². The van der Waals surface area contributed by atoms with Crippen molar-refractivity contribution in [2.24, 2.45) is 5.92 Å². The summed E-state index contributed by atoms with van der Waals surface area (Å²) in [5.74, 6) is 1.11. The second-order valence-corrected chi connectivity index (χ2v) is 8.38. The van der Waals surface area contributed by atoms with E-state index in [0.717, 1.165) is 31.1 Å². The summed E-state index contributed by atoms with van der Waals surface area (Å²) < 4.78 is 20.6. The molecule has 0 unspecified atom stereocenters. The van der Waals surface area contributed by atoms with Gasteiger partial charge in [0.1, 0.15) is 17.7 Å². The Hall–Kier alpha value is -2.44. The summed E-state index contributed by atoms with van der Waals surface area (Å²) in [4.78, 5) is 14.2. The summed E-state index contributed by atoms with van der Waals surface area (Å²) in [6.07, 6.45) is 2.34. The highest BCUT2D eigenvalue weighted by atomic mass is 19.1. The van der Waals surface area contributed by atoms with Gasteiger partial charge in [0.15, 0.2) is 0 Å². The van der Waals surface area contributed by atoms with E-state index in [0.29, 0.717) is 29.5 Å². The van der Waals surface area contributed by atoms with Crippen LogP contribution in [0.3, 0.4) is 0 Å². The van der Waals surface area contributed by atoms with Gasteiger partial charge >= 0.3 is 0 Å². The number of amides is 1. The van der Waals surface area contributed by atoms with Crippen molar-refractivity contribution in [3.05, 3.63) is 65.0 Å². The fraction of sp³-hybridized carbons (Fsp3) is 0.458. The number of benzene rings is 2. The summed E-state index contributed by atoms with van der Waals surface area (Å²) in [7, 11) is 1.61. The Morgan fingerprint density at radius 1 is 1.27 bits per heavy atom. The van der Waals surface area contributed by atoms with Crippen molar-refractivity contribution < 1.29 is 13.9 Å². The first-order valence-electron chi connectivity index (χ1n) is 10.7. The molecule has 160 valence electrons. The second-order valence-electron chi connectivity index (χ2n) is 8.38. The van der Waals surface area contributed by atoms with Crippen LogP contribution in [0.2, 0.25) is 0 Å². The molecule has 1 saturated carbocycles. The lowest BCUT2D eigenvalue weighted by Gasteiger charge is -2.36. The zero-order chi connectivity index (χ0) is 21.1. The second kappa shape index (κ2) is 9.14. The summed E-state index contributed by atoms with van der Waals surface area (Å²) in [5.41, 5.74) is 2.04. The number of carbonyl (C=O) groups is 1. The van der Waals surface area contributed by atoms with E-state index in [1.54, 1.807) is 50.4 Å². The highest BCUT2D eigenvalue weighted by molar-refractivity contribution is 5.94. The first-order chi connectivity index (χ1) is 14.5. The highest BCUT2D eigenvalue weighted by Crippen LogP contribution is 2.34. The lowest BCUT2D eigenvalue weighted by molar-refractivity contribution is 0.0962. The maximum atomic E-state index is 14.3. The third kappa shape index (κ3) is 4.99. The van der Waals surface area contributed by atoms with Gasteiger partial charge in [0.05, 0.1) is 0 Å². The van der Waals surface area contributed by atoms with Gasteiger partial charge in [-0.2, -0.15) is 0 Å². The molecule has 1 saturated heterocycles. The van der Waals surface area contributed by atoms with Crippen LogP contribution in [0.5, 0.6) is 5.75 Å². The largest absolute Gasteiger partial charge is 0.484 e. The predicted octanol–water partition coefficient (Wildman–Crippen LogP) is 3.30. The molecule has 4 rings (SSSR count). The van der Waals surface area contributed by atoms with Gasteiger partial charge in [-0.25, -0.2) is 4.39 Å². The normalized spacial score (nSPS) is 20.6. The molecule has 2 N–H and O–H groups in total. The molecule has 1 amide bonds. The van der Waals surface area contributed by atoms with E-state index in [-0.39, 0.29) is 17.8 Å². The van der Waals surface area contributed by atoms with Crippen molar-refractivity contribution in [1.82, 2.24) is 15.5 Å². The number of ether oxygens (including phenoxy) is 1. The van der Waals surface area contributed by atoms with Crippen LogP contribution >= 0.6 is 0 Å². The van der Waals surface area contributed by atoms with Gasteiger partial charge in [-0.15, -0.1) is 0 Å². The van der Waals surface area contributed by atoms with Crippen molar-refractivity contribution in [3.63, 3.8) is 0 Å². The average molecular weight is 412 g/mol. The first kappa shape index (κ1) is 20.8. The van der Waals surface area contributed by atoms with Crippen LogP contribution in [-0.4, -0.2) is 50.1 Å². The van der Waals surface area contributed by atoms with Crippen LogP contribution < -0.4 is 15.4 Å². The molecule has 0 aromatic heterocycles. The first-order valence-corrected chi connectivity index (χ1v) is 10.7. The molecule has 2 atom stereocenters. The Morgan fingerprint density at radius 2 is 2.03 bits per heavy atom. The topological polar surface area (TPSA) is 53.6 Å². The fourth-order valence-corrected chi connectivity index (χ4v) is 4.07. The number of nitrogens with zero attached hydrogens (tertiary/aromatic N) is 1. The molecule has 6 heteroatoms. The maximum absolute atomic E-state index is 14.3. The van der Waals surface area contributed by atoms with Gasteiger partial charge in [0.25, 0.3) is 5.91 Å². The van der Waals surface area contributed by atoms with Gasteiger partial charge in [-0.05, 0) is 67.1 Å². The van der Waals surface area contributed by atoms with Gasteiger partial charge in [0.2, 0.25) is 0 Å². The van der Waals surface area contributed by atoms with Crippen LogP contribution in [0.1, 0.15) is 40.4 Å². The van der Waals surface area contributed by atoms with E-state index >= 15 is 0 Å². The van der Waals surface area contributed by atoms with Gasteiger partial charge < -0.3 is 15.4 Å². The zero-order valence-electron chi connectivity index (χ0n) is 17.7. The number of rotatable bonds is 7. The third-order valence-corrected chi connectivity index (χ3v) is 6.09. The van der Waals surface area contributed by atoms with Crippen LogP contribution in [0.15, 0.2) is 42.5 Å². The van der Waals surface area contributed by atoms with Crippen molar-refractivity contribution in [2.75, 3.05) is 33.2 Å². The Kier molecular flexibility index (Phi) is 6.35. The Morgan fingerprint density at radius 3 is 2.70 bits per heavy atom. The quantitative estimate of drug-likeness (QED) is 0.734. The number of hydrogen-bond acceptors (Lipinski definition) is 4. The highest BCUT2D eigenvalue weighted by Gasteiger charge is 2.34. The molecule has 2 aromatic rings. The SMILES string of the molecule is CNC(=O)c1ccc(O[C@@H](CN2CCN[C@@H](C3CC3)C2)c2ccc(C)c(F)c2)cc1. The van der Waals surface area contributed by atoms with Gasteiger partial charge in [0, 0.05) is 44.8 Å². The predicted molar refractivity (Wildman–Crippen MR) is 115 cm³/mol. The number of piperazine rings is 1. The molecular weight excluding hydrogens is 381 g/mol. The average Bonchev–Trinajstić information content (AvgIpc) is 3.61. The number of aryl methyl sites for hydroxylation is 1. The van der Waals surface area contributed by atoms with Crippen molar-refractivity contribution in [3.8, 4) is 5.75 Å². The minimum atomic E-state index is -0.288. The molecule has 0 spiro atoms. The standard InChI is InChI=1S/C24H30FN3O2/c1-16-3-4-19(13-21(16)25)23(15-28-12-11-27-22(14-28)17-5-6-17)30-20-9-7-18(8-10-20)24(29)26-2/h3-4,7-10,13,17,22-23,27H,5-6,11-12,14-15H2,1-2H3,(H,26,29)/t22-,23+/m1/s1. The molecule has 0 bridgehead atoms. The summed E-state index contributed by atoms with van der Waals surface area (Å²) in [5, 5.41) is 6.25. The van der Waals surface area contributed by atoms with E-state index in [2.05, 4.69) is 15.5 Å². The Labute approximate surface area is 177 Å². The van der Waals surface area contributed by atoms with Gasteiger partial charge in [-0.1, -0.05) is 12.1 Å². The minimum Gasteiger partial charge on any atom is -0.484 e. The monoisotopic (exact) mass is 411 g/mol. The summed E-state index contributed by atoms with van der Waals surface area (Å²) in [6.45, 7) is 5.38. The van der Waals surface area contributed by atoms with Gasteiger partial charge in [-0.3, -0.25) is 9.69 Å². The molecule has 0 radical (unpaired) electrons. The van der Waals surface area contributed by atoms with Crippen LogP contribution in [0, 0.1) is 18.7 Å².